The highest BCUT2D eigenvalue weighted by Gasteiger charge is 2.12. The summed E-state index contributed by atoms with van der Waals surface area (Å²) in [7, 11) is 0. The Morgan fingerprint density at radius 3 is 1.00 bits per heavy atom. The quantitative estimate of drug-likeness (QED) is 0.151. The van der Waals surface area contributed by atoms with Crippen LogP contribution < -0.4 is 0 Å². The van der Waals surface area contributed by atoms with Crippen molar-refractivity contribution in [3.8, 4) is 0 Å². The van der Waals surface area contributed by atoms with Crippen molar-refractivity contribution in [2.45, 2.75) is 143 Å². The molecule has 0 spiro atoms. The summed E-state index contributed by atoms with van der Waals surface area (Å²) in [6, 6.07) is 0. The Labute approximate surface area is 202 Å². The molecule has 0 aliphatic heterocycles. The van der Waals surface area contributed by atoms with E-state index in [1.54, 1.807) is 0 Å². The summed E-state index contributed by atoms with van der Waals surface area (Å²) in [4.78, 5) is 4.93. The maximum Gasteiger partial charge on any atom is 0.0667 e. The minimum absolute atomic E-state index is 0.165. The van der Waals surface area contributed by atoms with E-state index >= 15 is 0 Å². The van der Waals surface area contributed by atoms with E-state index in [9.17, 15) is 10.2 Å². The van der Waals surface area contributed by atoms with Crippen molar-refractivity contribution >= 4 is 0 Å². The first kappa shape index (κ1) is 31.8. The number of hydrogen-bond acceptors (Lipinski definition) is 4. The van der Waals surface area contributed by atoms with E-state index in [4.69, 9.17) is 0 Å². The molecular formula is C28H60N2O2. The normalized spacial score (nSPS) is 13.9. The molecule has 4 nitrogen and oxygen atoms in total. The second-order valence-corrected chi connectivity index (χ2v) is 10.0. The molecule has 0 amide bonds. The molecule has 0 bridgehead atoms. The molecule has 2 N–H and O–H groups in total. The van der Waals surface area contributed by atoms with Crippen LogP contribution in [0.25, 0.3) is 0 Å². The highest BCUT2D eigenvalue weighted by atomic mass is 16.3. The van der Waals surface area contributed by atoms with E-state index in [-0.39, 0.29) is 12.2 Å². The maximum absolute atomic E-state index is 10.4. The summed E-state index contributed by atoms with van der Waals surface area (Å²) >= 11 is 0. The SMILES string of the molecule is CCCCN(CCCC)CC(O)CCCCCCCCC(O)CN(CCCC)CCCC. The maximum atomic E-state index is 10.4. The van der Waals surface area contributed by atoms with Gasteiger partial charge in [0.1, 0.15) is 0 Å². The molecule has 0 aliphatic rings. The van der Waals surface area contributed by atoms with Gasteiger partial charge in [-0.1, -0.05) is 91.9 Å². The molecular weight excluding hydrogens is 396 g/mol. The van der Waals surface area contributed by atoms with Crippen LogP contribution in [0, 0.1) is 0 Å². The smallest absolute Gasteiger partial charge is 0.0667 e. The Bertz CT molecular complexity index is 317. The molecule has 4 heteroatoms. The number of hydrogen-bond donors (Lipinski definition) is 2. The Hall–Kier alpha value is -0.160. The van der Waals surface area contributed by atoms with Gasteiger partial charge in [-0.05, 0) is 64.7 Å². The molecule has 2 atom stereocenters. The van der Waals surface area contributed by atoms with Gasteiger partial charge in [0.2, 0.25) is 0 Å². The highest BCUT2D eigenvalue weighted by molar-refractivity contribution is 4.67. The summed E-state index contributed by atoms with van der Waals surface area (Å²) < 4.78 is 0. The highest BCUT2D eigenvalue weighted by Crippen LogP contribution is 2.13. The van der Waals surface area contributed by atoms with E-state index in [2.05, 4.69) is 37.5 Å². The molecule has 0 heterocycles. The van der Waals surface area contributed by atoms with Crippen molar-refractivity contribution in [3.05, 3.63) is 0 Å². The summed E-state index contributed by atoms with van der Waals surface area (Å²) in [6.07, 6.45) is 18.7. The second-order valence-electron chi connectivity index (χ2n) is 10.0. The average Bonchev–Trinajstić information content (AvgIpc) is 2.79. The van der Waals surface area contributed by atoms with Crippen LogP contribution in [0.5, 0.6) is 0 Å². The van der Waals surface area contributed by atoms with E-state index in [1.807, 2.05) is 0 Å². The molecule has 2 unspecified atom stereocenters. The van der Waals surface area contributed by atoms with Gasteiger partial charge in [-0.25, -0.2) is 0 Å². The molecule has 0 aromatic rings. The minimum atomic E-state index is -0.165. The van der Waals surface area contributed by atoms with Crippen molar-refractivity contribution in [3.63, 3.8) is 0 Å². The van der Waals surface area contributed by atoms with Gasteiger partial charge in [0.25, 0.3) is 0 Å². The fourth-order valence-corrected chi connectivity index (χ4v) is 4.36. The molecule has 0 fully saturated rings. The average molecular weight is 457 g/mol. The van der Waals surface area contributed by atoms with Crippen LogP contribution in [0.3, 0.4) is 0 Å². The van der Waals surface area contributed by atoms with Crippen LogP contribution in [0.15, 0.2) is 0 Å². The van der Waals surface area contributed by atoms with Gasteiger partial charge in [0, 0.05) is 13.1 Å². The van der Waals surface area contributed by atoms with Gasteiger partial charge >= 0.3 is 0 Å². The predicted molar refractivity (Wildman–Crippen MR) is 141 cm³/mol. The summed E-state index contributed by atoms with van der Waals surface area (Å²) in [5.41, 5.74) is 0. The molecule has 0 aromatic heterocycles. The zero-order chi connectivity index (χ0) is 23.9. The van der Waals surface area contributed by atoms with Gasteiger partial charge in [0.05, 0.1) is 12.2 Å². The molecule has 0 aromatic carbocycles. The third kappa shape index (κ3) is 20.4. The molecule has 32 heavy (non-hydrogen) atoms. The zero-order valence-electron chi connectivity index (χ0n) is 22.5. The van der Waals surface area contributed by atoms with Crippen LogP contribution >= 0.6 is 0 Å². The van der Waals surface area contributed by atoms with Crippen LogP contribution in [-0.4, -0.2) is 71.5 Å². The van der Waals surface area contributed by atoms with E-state index in [0.29, 0.717) is 0 Å². The first-order chi connectivity index (χ1) is 15.6. The van der Waals surface area contributed by atoms with E-state index < -0.39 is 0 Å². The number of unbranched alkanes of at least 4 members (excludes halogenated alkanes) is 9. The number of rotatable bonds is 25. The first-order valence-electron chi connectivity index (χ1n) is 14.4. The van der Waals surface area contributed by atoms with Gasteiger partial charge in [-0.2, -0.15) is 0 Å². The Morgan fingerprint density at radius 1 is 0.438 bits per heavy atom. The van der Waals surface area contributed by atoms with Gasteiger partial charge in [-0.3, -0.25) is 0 Å². The van der Waals surface area contributed by atoms with Crippen LogP contribution in [0.2, 0.25) is 0 Å². The minimum Gasteiger partial charge on any atom is -0.392 e. The second kappa shape index (κ2) is 24.0. The van der Waals surface area contributed by atoms with Crippen molar-refractivity contribution < 1.29 is 10.2 Å². The lowest BCUT2D eigenvalue weighted by Crippen LogP contribution is -2.34. The molecule has 0 saturated carbocycles. The number of aliphatic hydroxyl groups is 2. The summed E-state index contributed by atoms with van der Waals surface area (Å²) in [5.74, 6) is 0. The lowest BCUT2D eigenvalue weighted by molar-refractivity contribution is 0.0998. The van der Waals surface area contributed by atoms with Crippen molar-refractivity contribution in [1.29, 1.82) is 0 Å². The topological polar surface area (TPSA) is 46.9 Å². The third-order valence-corrected chi connectivity index (χ3v) is 6.57. The molecule has 0 aliphatic carbocycles. The van der Waals surface area contributed by atoms with Gasteiger partial charge < -0.3 is 20.0 Å². The largest absolute Gasteiger partial charge is 0.392 e. The van der Waals surface area contributed by atoms with Crippen molar-refractivity contribution in [2.24, 2.45) is 0 Å². The van der Waals surface area contributed by atoms with Crippen molar-refractivity contribution in [1.82, 2.24) is 9.80 Å². The monoisotopic (exact) mass is 456 g/mol. The Kier molecular flexibility index (Phi) is 23.9. The summed E-state index contributed by atoms with van der Waals surface area (Å²) in [6.45, 7) is 15.2. The number of nitrogens with zero attached hydrogens (tertiary/aromatic N) is 2. The van der Waals surface area contributed by atoms with Crippen LogP contribution in [0.4, 0.5) is 0 Å². The zero-order valence-corrected chi connectivity index (χ0v) is 22.5. The van der Waals surface area contributed by atoms with Crippen LogP contribution in [0.1, 0.15) is 130 Å². The van der Waals surface area contributed by atoms with E-state index in [0.717, 1.165) is 65.0 Å². The molecule has 0 radical (unpaired) electrons. The summed E-state index contributed by atoms with van der Waals surface area (Å²) in [5, 5.41) is 20.9. The van der Waals surface area contributed by atoms with Gasteiger partial charge in [-0.15, -0.1) is 0 Å². The van der Waals surface area contributed by atoms with E-state index in [1.165, 1.54) is 77.0 Å². The van der Waals surface area contributed by atoms with Crippen LogP contribution in [-0.2, 0) is 0 Å². The fourth-order valence-electron chi connectivity index (χ4n) is 4.36. The number of aliphatic hydroxyl groups excluding tert-OH is 2. The lowest BCUT2D eigenvalue weighted by atomic mass is 10.0. The van der Waals surface area contributed by atoms with Gasteiger partial charge in [0.15, 0.2) is 0 Å². The molecule has 0 saturated heterocycles. The standard InChI is InChI=1S/C28H60N2O2/c1-5-9-21-29(22-10-6-2)25-27(31)19-17-15-13-14-16-18-20-28(32)26-30(23-11-7-3)24-12-8-4/h27-28,31-32H,5-26H2,1-4H3. The molecule has 194 valence electrons. The first-order valence-corrected chi connectivity index (χ1v) is 14.4. The third-order valence-electron chi connectivity index (χ3n) is 6.57. The Balaban J connectivity index is 3.77. The molecule has 0 rings (SSSR count). The van der Waals surface area contributed by atoms with Crippen molar-refractivity contribution in [2.75, 3.05) is 39.3 Å². The fraction of sp³-hybridized carbons (Fsp3) is 1.00. The Morgan fingerprint density at radius 2 is 0.719 bits per heavy atom. The lowest BCUT2D eigenvalue weighted by Gasteiger charge is -2.25. The predicted octanol–water partition coefficient (Wildman–Crippen LogP) is 6.63.